The van der Waals surface area contributed by atoms with Crippen molar-refractivity contribution in [3.05, 3.63) is 35.4 Å². The van der Waals surface area contributed by atoms with Crippen molar-refractivity contribution in [1.82, 2.24) is 4.90 Å². The van der Waals surface area contributed by atoms with Gasteiger partial charge in [-0.3, -0.25) is 4.79 Å². The minimum absolute atomic E-state index is 0.0996. The monoisotopic (exact) mass is 223 g/mol. The van der Waals surface area contributed by atoms with E-state index < -0.39 is 0 Å². The van der Waals surface area contributed by atoms with Gasteiger partial charge in [0.1, 0.15) is 0 Å². The van der Waals surface area contributed by atoms with Crippen LogP contribution in [0, 0.1) is 6.92 Å². The van der Waals surface area contributed by atoms with Gasteiger partial charge in [-0.05, 0) is 19.1 Å². The predicted octanol–water partition coefficient (Wildman–Crippen LogP) is 0.422. The molecule has 0 fully saturated rings. The van der Waals surface area contributed by atoms with Gasteiger partial charge in [0.2, 0.25) is 0 Å². The summed E-state index contributed by atoms with van der Waals surface area (Å²) < 4.78 is 0. The summed E-state index contributed by atoms with van der Waals surface area (Å²) in [7, 11) is 0. The summed E-state index contributed by atoms with van der Waals surface area (Å²) in [5.41, 5.74) is 1.60. The highest BCUT2D eigenvalue weighted by atomic mass is 16.3. The molecule has 0 atom stereocenters. The van der Waals surface area contributed by atoms with Crippen LogP contribution in [0.1, 0.15) is 15.9 Å². The van der Waals surface area contributed by atoms with Crippen molar-refractivity contribution < 1.29 is 15.0 Å². The standard InChI is InChI=1S/C12H17NO3/c1-10-3-2-4-11(9-10)12(16)13(5-7-14)6-8-15/h2-4,9,14-15H,5-8H2,1H3. The van der Waals surface area contributed by atoms with Gasteiger partial charge >= 0.3 is 0 Å². The molecule has 88 valence electrons. The van der Waals surface area contributed by atoms with Gasteiger partial charge in [0.25, 0.3) is 5.91 Å². The number of nitrogens with zero attached hydrogens (tertiary/aromatic N) is 1. The molecule has 0 bridgehead atoms. The number of rotatable bonds is 5. The molecule has 0 saturated carbocycles. The van der Waals surface area contributed by atoms with Crippen LogP contribution >= 0.6 is 0 Å². The number of aryl methyl sites for hydroxylation is 1. The third-order valence-electron chi connectivity index (χ3n) is 2.29. The maximum atomic E-state index is 12.0. The van der Waals surface area contributed by atoms with Gasteiger partial charge in [-0.25, -0.2) is 0 Å². The number of carbonyl (C=O) groups excluding carboxylic acids is 1. The molecule has 0 heterocycles. The van der Waals surface area contributed by atoms with Gasteiger partial charge < -0.3 is 15.1 Å². The molecule has 1 aromatic carbocycles. The predicted molar refractivity (Wildman–Crippen MR) is 61.3 cm³/mol. The van der Waals surface area contributed by atoms with Crippen LogP contribution in [0.15, 0.2) is 24.3 Å². The second-order valence-corrected chi connectivity index (χ2v) is 3.61. The van der Waals surface area contributed by atoms with Crippen molar-refractivity contribution in [2.24, 2.45) is 0 Å². The summed E-state index contributed by atoms with van der Waals surface area (Å²) in [6.07, 6.45) is 0. The van der Waals surface area contributed by atoms with Crippen LogP contribution in [0.4, 0.5) is 0 Å². The van der Waals surface area contributed by atoms with Crippen LogP contribution in [-0.2, 0) is 0 Å². The van der Waals surface area contributed by atoms with E-state index in [1.807, 2.05) is 19.1 Å². The number of aliphatic hydroxyl groups excluding tert-OH is 2. The third-order valence-corrected chi connectivity index (χ3v) is 2.29. The minimum Gasteiger partial charge on any atom is -0.395 e. The minimum atomic E-state index is -0.160. The average Bonchev–Trinajstić information content (AvgIpc) is 2.28. The Morgan fingerprint density at radius 2 is 1.88 bits per heavy atom. The van der Waals surface area contributed by atoms with Gasteiger partial charge in [0.05, 0.1) is 13.2 Å². The molecule has 0 spiro atoms. The summed E-state index contributed by atoms with van der Waals surface area (Å²) in [6.45, 7) is 2.20. The number of hydrogen-bond acceptors (Lipinski definition) is 3. The number of amides is 1. The first-order valence-electron chi connectivity index (χ1n) is 5.26. The molecule has 1 rings (SSSR count). The number of hydrogen-bond donors (Lipinski definition) is 2. The number of aliphatic hydroxyl groups is 2. The van der Waals surface area contributed by atoms with Gasteiger partial charge in [0, 0.05) is 18.7 Å². The van der Waals surface area contributed by atoms with E-state index in [4.69, 9.17) is 10.2 Å². The highest BCUT2D eigenvalue weighted by Crippen LogP contribution is 2.07. The molecule has 0 aliphatic carbocycles. The molecule has 16 heavy (non-hydrogen) atoms. The summed E-state index contributed by atoms with van der Waals surface area (Å²) in [5.74, 6) is -0.160. The topological polar surface area (TPSA) is 60.8 Å². The van der Waals surface area contributed by atoms with Crippen LogP contribution in [0.2, 0.25) is 0 Å². The molecule has 0 aromatic heterocycles. The Morgan fingerprint density at radius 3 is 2.38 bits per heavy atom. The molecule has 0 saturated heterocycles. The summed E-state index contributed by atoms with van der Waals surface area (Å²) in [5, 5.41) is 17.7. The summed E-state index contributed by atoms with van der Waals surface area (Å²) in [6, 6.07) is 7.26. The van der Waals surface area contributed by atoms with Gasteiger partial charge in [0.15, 0.2) is 0 Å². The molecule has 4 heteroatoms. The molecule has 2 N–H and O–H groups in total. The summed E-state index contributed by atoms with van der Waals surface area (Å²) in [4.78, 5) is 13.4. The van der Waals surface area contributed by atoms with Crippen LogP contribution < -0.4 is 0 Å². The van der Waals surface area contributed by atoms with E-state index in [0.717, 1.165) is 5.56 Å². The van der Waals surface area contributed by atoms with Crippen molar-refractivity contribution in [3.63, 3.8) is 0 Å². The number of carbonyl (C=O) groups is 1. The highest BCUT2D eigenvalue weighted by Gasteiger charge is 2.14. The molecule has 0 radical (unpaired) electrons. The molecule has 1 aromatic rings. The lowest BCUT2D eigenvalue weighted by atomic mass is 10.1. The van der Waals surface area contributed by atoms with E-state index in [1.165, 1.54) is 4.90 Å². The van der Waals surface area contributed by atoms with Gasteiger partial charge in [-0.2, -0.15) is 0 Å². The SMILES string of the molecule is Cc1cccc(C(=O)N(CCO)CCO)c1. The lowest BCUT2D eigenvalue weighted by Crippen LogP contribution is -2.35. The van der Waals surface area contributed by atoms with Crippen LogP contribution in [0.25, 0.3) is 0 Å². The molecule has 1 amide bonds. The van der Waals surface area contributed by atoms with E-state index in [2.05, 4.69) is 0 Å². The fourth-order valence-electron chi connectivity index (χ4n) is 1.52. The Bertz CT molecular complexity index is 346. The molecular formula is C12H17NO3. The molecular weight excluding hydrogens is 206 g/mol. The Labute approximate surface area is 95.1 Å². The fraction of sp³-hybridized carbons (Fsp3) is 0.417. The van der Waals surface area contributed by atoms with Crippen molar-refractivity contribution in [1.29, 1.82) is 0 Å². The zero-order chi connectivity index (χ0) is 12.0. The quantitative estimate of drug-likeness (QED) is 0.760. The first kappa shape index (κ1) is 12.7. The third kappa shape index (κ3) is 3.32. The van der Waals surface area contributed by atoms with E-state index in [9.17, 15) is 4.79 Å². The largest absolute Gasteiger partial charge is 0.395 e. The van der Waals surface area contributed by atoms with Crippen LogP contribution in [0.5, 0.6) is 0 Å². The van der Waals surface area contributed by atoms with Crippen molar-refractivity contribution in [3.8, 4) is 0 Å². The maximum absolute atomic E-state index is 12.0. The Hall–Kier alpha value is -1.39. The molecule has 4 nitrogen and oxygen atoms in total. The average molecular weight is 223 g/mol. The fourth-order valence-corrected chi connectivity index (χ4v) is 1.52. The molecule has 0 aliphatic heterocycles. The van der Waals surface area contributed by atoms with E-state index in [-0.39, 0.29) is 32.2 Å². The van der Waals surface area contributed by atoms with Crippen molar-refractivity contribution in [2.45, 2.75) is 6.92 Å². The van der Waals surface area contributed by atoms with E-state index >= 15 is 0 Å². The van der Waals surface area contributed by atoms with Crippen molar-refractivity contribution >= 4 is 5.91 Å². The van der Waals surface area contributed by atoms with Crippen LogP contribution in [-0.4, -0.2) is 47.3 Å². The van der Waals surface area contributed by atoms with E-state index in [0.29, 0.717) is 5.56 Å². The van der Waals surface area contributed by atoms with Gasteiger partial charge in [-0.1, -0.05) is 17.7 Å². The second-order valence-electron chi connectivity index (χ2n) is 3.61. The normalized spacial score (nSPS) is 10.2. The molecule has 0 aliphatic rings. The highest BCUT2D eigenvalue weighted by molar-refractivity contribution is 5.94. The first-order valence-corrected chi connectivity index (χ1v) is 5.26. The Balaban J connectivity index is 2.81. The zero-order valence-corrected chi connectivity index (χ0v) is 9.39. The Kier molecular flexibility index (Phi) is 4.95. The number of benzene rings is 1. The lowest BCUT2D eigenvalue weighted by Gasteiger charge is -2.20. The zero-order valence-electron chi connectivity index (χ0n) is 9.39. The maximum Gasteiger partial charge on any atom is 0.254 e. The lowest BCUT2D eigenvalue weighted by molar-refractivity contribution is 0.0684. The first-order chi connectivity index (χ1) is 7.69. The van der Waals surface area contributed by atoms with Gasteiger partial charge in [-0.15, -0.1) is 0 Å². The Morgan fingerprint density at radius 1 is 1.25 bits per heavy atom. The molecule has 0 unspecified atom stereocenters. The van der Waals surface area contributed by atoms with Crippen LogP contribution in [0.3, 0.4) is 0 Å². The second kappa shape index (κ2) is 6.25. The summed E-state index contributed by atoms with van der Waals surface area (Å²) >= 11 is 0. The van der Waals surface area contributed by atoms with Crippen molar-refractivity contribution in [2.75, 3.05) is 26.3 Å². The smallest absolute Gasteiger partial charge is 0.254 e. The van der Waals surface area contributed by atoms with E-state index in [1.54, 1.807) is 12.1 Å².